The van der Waals surface area contributed by atoms with E-state index in [1.807, 2.05) is 0 Å². The van der Waals surface area contributed by atoms with Crippen molar-refractivity contribution in [2.24, 2.45) is 0 Å². The molecule has 0 bridgehead atoms. The molecule has 0 aromatic rings. The summed E-state index contributed by atoms with van der Waals surface area (Å²) in [5.74, 6) is -2.06. The summed E-state index contributed by atoms with van der Waals surface area (Å²) >= 11 is 0. The van der Waals surface area contributed by atoms with E-state index in [0.717, 1.165) is 13.8 Å². The van der Waals surface area contributed by atoms with Gasteiger partial charge in [-0.05, 0) is 0 Å². The van der Waals surface area contributed by atoms with Crippen molar-refractivity contribution in [1.29, 1.82) is 0 Å². The molecule has 1 aliphatic heterocycles. The van der Waals surface area contributed by atoms with E-state index < -0.39 is 48.6 Å². The number of carbonyl (C=O) groups excluding carboxylic acids is 3. The number of aliphatic hydroxyl groups excluding tert-OH is 2. The van der Waals surface area contributed by atoms with Crippen LogP contribution < -0.4 is 0 Å². The lowest BCUT2D eigenvalue weighted by molar-refractivity contribution is -0.293. The Balaban J connectivity index is 2.94. The summed E-state index contributed by atoms with van der Waals surface area (Å²) in [7, 11) is 0. The first-order chi connectivity index (χ1) is 9.72. The van der Waals surface area contributed by atoms with Crippen LogP contribution in [0.1, 0.15) is 20.8 Å². The Kier molecular flexibility index (Phi) is 6.06. The van der Waals surface area contributed by atoms with Crippen molar-refractivity contribution < 1.29 is 43.5 Å². The lowest BCUT2D eigenvalue weighted by Gasteiger charge is -2.41. The molecule has 2 N–H and O–H groups in total. The van der Waals surface area contributed by atoms with Crippen LogP contribution in [-0.4, -0.2) is 65.4 Å². The van der Waals surface area contributed by atoms with Gasteiger partial charge in [0.05, 0.1) is 0 Å². The van der Waals surface area contributed by atoms with Crippen molar-refractivity contribution in [2.45, 2.75) is 51.5 Å². The van der Waals surface area contributed by atoms with Gasteiger partial charge in [0.1, 0.15) is 18.8 Å². The van der Waals surface area contributed by atoms with E-state index in [-0.39, 0.29) is 6.61 Å². The summed E-state index contributed by atoms with van der Waals surface area (Å²) in [5.41, 5.74) is 0. The third kappa shape index (κ3) is 4.96. The smallest absolute Gasteiger partial charge is 0.303 e. The van der Waals surface area contributed by atoms with Crippen molar-refractivity contribution in [3.8, 4) is 0 Å². The molecule has 1 rings (SSSR count). The van der Waals surface area contributed by atoms with Crippen LogP contribution in [-0.2, 0) is 33.3 Å². The molecule has 1 aliphatic rings. The van der Waals surface area contributed by atoms with E-state index in [1.165, 1.54) is 6.92 Å². The number of carbonyl (C=O) groups is 3. The van der Waals surface area contributed by atoms with Crippen LogP contribution in [0.25, 0.3) is 0 Å². The van der Waals surface area contributed by atoms with Crippen molar-refractivity contribution in [2.75, 3.05) is 6.61 Å². The highest BCUT2D eigenvalue weighted by molar-refractivity contribution is 5.67. The second-order valence-electron chi connectivity index (χ2n) is 4.51. The number of hydrogen-bond acceptors (Lipinski definition) is 9. The molecule has 9 heteroatoms. The second kappa shape index (κ2) is 7.34. The monoisotopic (exact) mass is 306 g/mol. The Morgan fingerprint density at radius 2 is 1.48 bits per heavy atom. The maximum Gasteiger partial charge on any atom is 0.303 e. The summed E-state index contributed by atoms with van der Waals surface area (Å²) < 4.78 is 19.6. The first kappa shape index (κ1) is 17.3. The lowest BCUT2D eigenvalue weighted by Crippen LogP contribution is -2.61. The largest absolute Gasteiger partial charge is 0.463 e. The van der Waals surface area contributed by atoms with Crippen LogP contribution in [0.3, 0.4) is 0 Å². The molecular weight excluding hydrogens is 288 g/mol. The third-order valence-corrected chi connectivity index (χ3v) is 2.69. The topological polar surface area (TPSA) is 129 Å². The van der Waals surface area contributed by atoms with Gasteiger partial charge in [-0.25, -0.2) is 0 Å². The SMILES string of the molecule is CC(=O)OC[C@H]1OC(O)[C@H](O)[C@@H](OC(C)=O)[C@H]1OC(C)=O. The molecule has 1 fully saturated rings. The van der Waals surface area contributed by atoms with Crippen molar-refractivity contribution in [1.82, 2.24) is 0 Å². The molecule has 120 valence electrons. The highest BCUT2D eigenvalue weighted by atomic mass is 16.7. The Labute approximate surface area is 120 Å². The zero-order valence-corrected chi connectivity index (χ0v) is 11.8. The van der Waals surface area contributed by atoms with Crippen LogP contribution >= 0.6 is 0 Å². The van der Waals surface area contributed by atoms with Gasteiger partial charge < -0.3 is 29.2 Å². The van der Waals surface area contributed by atoms with Crippen LogP contribution in [0.5, 0.6) is 0 Å². The average Bonchev–Trinajstić information content (AvgIpc) is 2.35. The lowest BCUT2D eigenvalue weighted by atomic mass is 9.98. The van der Waals surface area contributed by atoms with E-state index in [9.17, 15) is 24.6 Å². The normalized spacial score (nSPS) is 32.1. The molecule has 0 aromatic heterocycles. The second-order valence-corrected chi connectivity index (χ2v) is 4.51. The summed E-state index contributed by atoms with van der Waals surface area (Å²) in [5, 5.41) is 19.4. The molecule has 21 heavy (non-hydrogen) atoms. The van der Waals surface area contributed by atoms with Gasteiger partial charge in [-0.15, -0.1) is 0 Å². The minimum absolute atomic E-state index is 0.338. The Morgan fingerprint density at radius 1 is 0.952 bits per heavy atom. The minimum atomic E-state index is -1.68. The van der Waals surface area contributed by atoms with E-state index in [4.69, 9.17) is 18.9 Å². The Morgan fingerprint density at radius 3 is 1.95 bits per heavy atom. The van der Waals surface area contributed by atoms with E-state index >= 15 is 0 Å². The van der Waals surface area contributed by atoms with Crippen molar-refractivity contribution in [3.63, 3.8) is 0 Å². The first-order valence-electron chi connectivity index (χ1n) is 6.21. The fourth-order valence-electron chi connectivity index (χ4n) is 1.90. The van der Waals surface area contributed by atoms with Crippen LogP contribution in [0.2, 0.25) is 0 Å². The summed E-state index contributed by atoms with van der Waals surface area (Å²) in [6.45, 7) is 3.04. The van der Waals surface area contributed by atoms with Crippen LogP contribution in [0, 0.1) is 0 Å². The maximum atomic E-state index is 11.1. The fraction of sp³-hybridized carbons (Fsp3) is 0.750. The van der Waals surface area contributed by atoms with Gasteiger partial charge in [-0.3, -0.25) is 14.4 Å². The maximum absolute atomic E-state index is 11.1. The van der Waals surface area contributed by atoms with Gasteiger partial charge in [0.15, 0.2) is 18.5 Å². The van der Waals surface area contributed by atoms with Gasteiger partial charge >= 0.3 is 17.9 Å². The Hall–Kier alpha value is -1.71. The average molecular weight is 306 g/mol. The van der Waals surface area contributed by atoms with E-state index in [2.05, 4.69) is 0 Å². The molecule has 5 atom stereocenters. The number of hydrogen-bond donors (Lipinski definition) is 2. The molecule has 0 aromatic carbocycles. The first-order valence-corrected chi connectivity index (χ1v) is 6.21. The predicted molar refractivity (Wildman–Crippen MR) is 64.6 cm³/mol. The molecule has 0 aliphatic carbocycles. The zero-order chi connectivity index (χ0) is 16.2. The predicted octanol–water partition coefficient (Wildman–Crippen LogP) is -1.51. The number of esters is 3. The molecule has 1 unspecified atom stereocenters. The fourth-order valence-corrected chi connectivity index (χ4v) is 1.90. The molecule has 0 radical (unpaired) electrons. The van der Waals surface area contributed by atoms with Crippen LogP contribution in [0.4, 0.5) is 0 Å². The highest BCUT2D eigenvalue weighted by Gasteiger charge is 2.49. The summed E-state index contributed by atoms with van der Waals surface area (Å²) in [6.07, 6.45) is -6.92. The van der Waals surface area contributed by atoms with Gasteiger partial charge in [0.25, 0.3) is 0 Å². The van der Waals surface area contributed by atoms with Gasteiger partial charge in [-0.1, -0.05) is 0 Å². The summed E-state index contributed by atoms with van der Waals surface area (Å²) in [6, 6.07) is 0. The van der Waals surface area contributed by atoms with Gasteiger partial charge in [0.2, 0.25) is 0 Å². The number of rotatable bonds is 4. The van der Waals surface area contributed by atoms with Crippen LogP contribution in [0.15, 0.2) is 0 Å². The summed E-state index contributed by atoms with van der Waals surface area (Å²) in [4.78, 5) is 33.1. The molecule has 0 spiro atoms. The van der Waals surface area contributed by atoms with E-state index in [1.54, 1.807) is 0 Å². The number of aliphatic hydroxyl groups is 2. The van der Waals surface area contributed by atoms with Crippen molar-refractivity contribution in [3.05, 3.63) is 0 Å². The Bertz CT molecular complexity index is 408. The highest BCUT2D eigenvalue weighted by Crippen LogP contribution is 2.25. The molecule has 0 saturated carbocycles. The standard InChI is InChI=1S/C12H18O9/c1-5(13)18-4-8-10(19-6(2)14)11(20-7(3)15)9(16)12(17)21-8/h8-12,16-17H,4H2,1-3H3/t8-,9-,10+,11-,12?/m1/s1. The molecule has 9 nitrogen and oxygen atoms in total. The third-order valence-electron chi connectivity index (χ3n) is 2.69. The minimum Gasteiger partial charge on any atom is -0.463 e. The van der Waals surface area contributed by atoms with Gasteiger partial charge in [-0.2, -0.15) is 0 Å². The molecule has 0 amide bonds. The van der Waals surface area contributed by atoms with E-state index in [0.29, 0.717) is 0 Å². The molecular formula is C12H18O9. The van der Waals surface area contributed by atoms with Gasteiger partial charge in [0, 0.05) is 20.8 Å². The molecule has 1 saturated heterocycles. The molecule has 1 heterocycles. The zero-order valence-electron chi connectivity index (χ0n) is 11.8. The van der Waals surface area contributed by atoms with Crippen molar-refractivity contribution >= 4 is 17.9 Å². The number of ether oxygens (including phenoxy) is 4. The quantitative estimate of drug-likeness (QED) is 0.470.